The molecule has 0 aromatic carbocycles. The van der Waals surface area contributed by atoms with E-state index in [4.69, 9.17) is 5.84 Å². The molecule has 0 saturated carbocycles. The summed E-state index contributed by atoms with van der Waals surface area (Å²) in [5, 5.41) is 0. The Morgan fingerprint density at radius 3 is 2.74 bits per heavy atom. The van der Waals surface area contributed by atoms with Crippen LogP contribution in [0, 0.1) is 5.82 Å². The molecule has 0 aliphatic carbocycles. The van der Waals surface area contributed by atoms with E-state index in [1.165, 1.54) is 0 Å². The third-order valence-corrected chi connectivity index (χ3v) is 2.66. The Hall–Kier alpha value is -2.28. The van der Waals surface area contributed by atoms with Crippen molar-refractivity contribution in [1.82, 2.24) is 15.0 Å². The molecule has 2 heterocycles. The quantitative estimate of drug-likeness (QED) is 0.625. The highest BCUT2D eigenvalue weighted by molar-refractivity contribution is 5.44. The van der Waals surface area contributed by atoms with Gasteiger partial charge in [0.25, 0.3) is 0 Å². The summed E-state index contributed by atoms with van der Waals surface area (Å²) in [6.45, 7) is 3.08. The van der Waals surface area contributed by atoms with Crippen molar-refractivity contribution in [1.29, 1.82) is 0 Å². The van der Waals surface area contributed by atoms with Crippen LogP contribution in [0.15, 0.2) is 30.7 Å². The van der Waals surface area contributed by atoms with Gasteiger partial charge in [0.2, 0.25) is 5.95 Å². The van der Waals surface area contributed by atoms with Crippen LogP contribution in [-0.2, 0) is 6.54 Å². The van der Waals surface area contributed by atoms with Crippen molar-refractivity contribution in [3.8, 4) is 0 Å². The number of anilines is 2. The average Bonchev–Trinajstić information content (AvgIpc) is 2.47. The number of hydrazine groups is 1. The van der Waals surface area contributed by atoms with E-state index < -0.39 is 5.82 Å². The molecule has 0 bridgehead atoms. The van der Waals surface area contributed by atoms with Gasteiger partial charge in [0, 0.05) is 25.5 Å². The fourth-order valence-corrected chi connectivity index (χ4v) is 1.69. The van der Waals surface area contributed by atoms with Crippen LogP contribution < -0.4 is 16.2 Å². The molecule has 100 valence electrons. The van der Waals surface area contributed by atoms with Crippen molar-refractivity contribution in [2.75, 3.05) is 16.9 Å². The van der Waals surface area contributed by atoms with Gasteiger partial charge >= 0.3 is 0 Å². The SMILES string of the molecule is CCN(Cc1ccncc1)c1nc(NN)ncc1F. The summed E-state index contributed by atoms with van der Waals surface area (Å²) >= 11 is 0. The Morgan fingerprint density at radius 1 is 1.37 bits per heavy atom. The second-order valence-electron chi connectivity index (χ2n) is 3.88. The first-order valence-corrected chi connectivity index (χ1v) is 5.87. The Balaban J connectivity index is 2.26. The summed E-state index contributed by atoms with van der Waals surface area (Å²) in [5.74, 6) is 5.17. The molecule has 0 fully saturated rings. The van der Waals surface area contributed by atoms with E-state index in [0.717, 1.165) is 11.8 Å². The number of nitrogen functional groups attached to an aromatic ring is 1. The van der Waals surface area contributed by atoms with Crippen LogP contribution in [0.3, 0.4) is 0 Å². The molecule has 7 heteroatoms. The van der Waals surface area contributed by atoms with Crippen LogP contribution in [0.2, 0.25) is 0 Å². The fourth-order valence-electron chi connectivity index (χ4n) is 1.69. The van der Waals surface area contributed by atoms with E-state index in [1.54, 1.807) is 17.3 Å². The van der Waals surface area contributed by atoms with Crippen molar-refractivity contribution in [3.63, 3.8) is 0 Å². The van der Waals surface area contributed by atoms with Gasteiger partial charge in [-0.15, -0.1) is 0 Å². The number of hydrogen-bond donors (Lipinski definition) is 2. The van der Waals surface area contributed by atoms with Crippen molar-refractivity contribution >= 4 is 11.8 Å². The van der Waals surface area contributed by atoms with E-state index in [2.05, 4.69) is 20.4 Å². The first-order chi connectivity index (χ1) is 9.24. The summed E-state index contributed by atoms with van der Waals surface area (Å²) in [6.07, 6.45) is 4.51. The highest BCUT2D eigenvalue weighted by atomic mass is 19.1. The Morgan fingerprint density at radius 2 is 2.11 bits per heavy atom. The van der Waals surface area contributed by atoms with E-state index >= 15 is 0 Å². The lowest BCUT2D eigenvalue weighted by Crippen LogP contribution is -2.25. The number of nitrogens with one attached hydrogen (secondary N) is 1. The number of pyridine rings is 1. The molecule has 0 spiro atoms. The number of nitrogens with zero attached hydrogens (tertiary/aromatic N) is 4. The molecule has 0 aliphatic heterocycles. The number of halogens is 1. The minimum Gasteiger partial charge on any atom is -0.350 e. The maximum Gasteiger partial charge on any atom is 0.239 e. The molecule has 2 aromatic rings. The van der Waals surface area contributed by atoms with E-state index in [9.17, 15) is 4.39 Å². The summed E-state index contributed by atoms with van der Waals surface area (Å²) in [7, 11) is 0. The fraction of sp³-hybridized carbons (Fsp3) is 0.250. The van der Waals surface area contributed by atoms with Gasteiger partial charge in [-0.2, -0.15) is 4.98 Å². The minimum absolute atomic E-state index is 0.185. The molecule has 2 aromatic heterocycles. The van der Waals surface area contributed by atoms with Gasteiger partial charge in [0.15, 0.2) is 11.6 Å². The molecule has 19 heavy (non-hydrogen) atoms. The second kappa shape index (κ2) is 6.05. The van der Waals surface area contributed by atoms with Crippen LogP contribution in [0.25, 0.3) is 0 Å². The normalized spacial score (nSPS) is 10.3. The van der Waals surface area contributed by atoms with Crippen LogP contribution in [0.5, 0.6) is 0 Å². The zero-order valence-electron chi connectivity index (χ0n) is 10.5. The largest absolute Gasteiger partial charge is 0.350 e. The van der Waals surface area contributed by atoms with Crippen molar-refractivity contribution in [2.45, 2.75) is 13.5 Å². The van der Waals surface area contributed by atoms with E-state index in [1.807, 2.05) is 19.1 Å². The molecule has 0 amide bonds. The van der Waals surface area contributed by atoms with E-state index in [0.29, 0.717) is 13.1 Å². The standard InChI is InChI=1S/C12H15FN6/c1-2-19(8-9-3-5-15-6-4-9)11-10(13)7-16-12(17-11)18-14/h3-7H,2,8,14H2,1H3,(H,16,17,18). The maximum atomic E-state index is 13.8. The van der Waals surface area contributed by atoms with Crippen molar-refractivity contribution in [3.05, 3.63) is 42.1 Å². The number of hydrogen-bond acceptors (Lipinski definition) is 6. The van der Waals surface area contributed by atoms with Gasteiger partial charge in [0.1, 0.15) is 0 Å². The monoisotopic (exact) mass is 262 g/mol. The molecular weight excluding hydrogens is 247 g/mol. The average molecular weight is 262 g/mol. The topological polar surface area (TPSA) is 80.0 Å². The predicted molar refractivity (Wildman–Crippen MR) is 70.8 cm³/mol. The maximum absolute atomic E-state index is 13.8. The second-order valence-corrected chi connectivity index (χ2v) is 3.88. The highest BCUT2D eigenvalue weighted by Crippen LogP contribution is 2.19. The predicted octanol–water partition coefficient (Wildman–Crippen LogP) is 1.32. The van der Waals surface area contributed by atoms with Gasteiger partial charge in [-0.25, -0.2) is 15.2 Å². The minimum atomic E-state index is -0.477. The molecule has 3 N–H and O–H groups in total. The van der Waals surface area contributed by atoms with Crippen LogP contribution in [0.4, 0.5) is 16.2 Å². The zero-order valence-corrected chi connectivity index (χ0v) is 10.5. The molecule has 0 radical (unpaired) electrons. The summed E-state index contributed by atoms with van der Waals surface area (Å²) < 4.78 is 13.8. The molecular formula is C12H15FN6. The van der Waals surface area contributed by atoms with Gasteiger partial charge in [0.05, 0.1) is 6.20 Å². The van der Waals surface area contributed by atoms with E-state index in [-0.39, 0.29) is 11.8 Å². The molecule has 6 nitrogen and oxygen atoms in total. The van der Waals surface area contributed by atoms with Crippen molar-refractivity contribution in [2.24, 2.45) is 5.84 Å². The lowest BCUT2D eigenvalue weighted by molar-refractivity contribution is 0.602. The molecule has 2 rings (SSSR count). The number of nitrogens with two attached hydrogens (primary N) is 1. The first kappa shape index (κ1) is 13.2. The molecule has 0 unspecified atom stereocenters. The summed E-state index contributed by atoms with van der Waals surface area (Å²) in [5.41, 5.74) is 3.34. The van der Waals surface area contributed by atoms with Crippen molar-refractivity contribution < 1.29 is 4.39 Å². The Kier molecular flexibility index (Phi) is 4.19. The molecule has 0 aliphatic rings. The lowest BCUT2D eigenvalue weighted by Gasteiger charge is -2.22. The number of rotatable bonds is 5. The third-order valence-electron chi connectivity index (χ3n) is 2.66. The number of aromatic nitrogens is 3. The molecule has 0 saturated heterocycles. The van der Waals surface area contributed by atoms with Crippen LogP contribution in [-0.4, -0.2) is 21.5 Å². The Bertz CT molecular complexity index is 533. The Labute approximate surface area is 110 Å². The van der Waals surface area contributed by atoms with Gasteiger partial charge < -0.3 is 4.90 Å². The van der Waals surface area contributed by atoms with Crippen LogP contribution in [0.1, 0.15) is 12.5 Å². The van der Waals surface area contributed by atoms with Gasteiger partial charge in [-0.05, 0) is 24.6 Å². The highest BCUT2D eigenvalue weighted by Gasteiger charge is 2.14. The summed E-state index contributed by atoms with van der Waals surface area (Å²) in [4.78, 5) is 13.5. The third kappa shape index (κ3) is 3.14. The first-order valence-electron chi connectivity index (χ1n) is 5.87. The lowest BCUT2D eigenvalue weighted by atomic mass is 10.2. The van der Waals surface area contributed by atoms with Gasteiger partial charge in [-0.1, -0.05) is 0 Å². The van der Waals surface area contributed by atoms with Crippen LogP contribution >= 0.6 is 0 Å². The van der Waals surface area contributed by atoms with Gasteiger partial charge in [-0.3, -0.25) is 10.4 Å². The molecule has 0 atom stereocenters. The summed E-state index contributed by atoms with van der Waals surface area (Å²) in [6, 6.07) is 3.76. The smallest absolute Gasteiger partial charge is 0.239 e. The zero-order chi connectivity index (χ0) is 13.7.